The maximum absolute atomic E-state index is 4.67. The SMILES string of the molecule is CCc1ccc(-c2cccc(Nc3cc(C)ccn3)n2)s1. The molecule has 4 heteroatoms. The fraction of sp³-hybridized carbons (Fsp3) is 0.176. The molecular formula is C17H17N3S. The zero-order valence-corrected chi connectivity index (χ0v) is 12.9. The van der Waals surface area contributed by atoms with Gasteiger partial charge in [0.1, 0.15) is 11.6 Å². The largest absolute Gasteiger partial charge is 0.325 e. The Labute approximate surface area is 128 Å². The van der Waals surface area contributed by atoms with E-state index >= 15 is 0 Å². The average Bonchev–Trinajstić information content (AvgIpc) is 2.96. The number of aromatic nitrogens is 2. The Morgan fingerprint density at radius 1 is 1.10 bits per heavy atom. The van der Waals surface area contributed by atoms with E-state index in [9.17, 15) is 0 Å². The van der Waals surface area contributed by atoms with Crippen molar-refractivity contribution in [2.45, 2.75) is 20.3 Å². The summed E-state index contributed by atoms with van der Waals surface area (Å²) in [5.74, 6) is 1.64. The minimum atomic E-state index is 0.817. The Morgan fingerprint density at radius 2 is 2.00 bits per heavy atom. The molecular weight excluding hydrogens is 278 g/mol. The first-order chi connectivity index (χ1) is 10.2. The van der Waals surface area contributed by atoms with Crippen LogP contribution >= 0.6 is 11.3 Å². The molecule has 0 aliphatic rings. The molecule has 0 saturated carbocycles. The van der Waals surface area contributed by atoms with E-state index in [0.29, 0.717) is 0 Å². The van der Waals surface area contributed by atoms with E-state index in [0.717, 1.165) is 23.8 Å². The second kappa shape index (κ2) is 6.06. The van der Waals surface area contributed by atoms with E-state index in [-0.39, 0.29) is 0 Å². The minimum Gasteiger partial charge on any atom is -0.325 e. The molecule has 3 nitrogen and oxygen atoms in total. The van der Waals surface area contributed by atoms with E-state index in [1.165, 1.54) is 15.3 Å². The van der Waals surface area contributed by atoms with Crippen molar-refractivity contribution in [1.82, 2.24) is 9.97 Å². The summed E-state index contributed by atoms with van der Waals surface area (Å²) in [6.45, 7) is 4.22. The van der Waals surface area contributed by atoms with Crippen LogP contribution in [0.4, 0.5) is 11.6 Å². The minimum absolute atomic E-state index is 0.817. The number of hydrogen-bond acceptors (Lipinski definition) is 4. The number of pyridine rings is 2. The molecule has 1 N–H and O–H groups in total. The number of hydrogen-bond donors (Lipinski definition) is 1. The van der Waals surface area contributed by atoms with Gasteiger partial charge in [-0.3, -0.25) is 0 Å². The molecule has 0 atom stereocenters. The fourth-order valence-corrected chi connectivity index (χ4v) is 3.00. The van der Waals surface area contributed by atoms with Gasteiger partial charge in [0.25, 0.3) is 0 Å². The normalized spacial score (nSPS) is 10.6. The van der Waals surface area contributed by atoms with Crippen LogP contribution in [0.2, 0.25) is 0 Å². The highest BCUT2D eigenvalue weighted by Gasteiger charge is 2.05. The van der Waals surface area contributed by atoms with Gasteiger partial charge in [-0.05, 0) is 55.3 Å². The molecule has 0 unspecified atom stereocenters. The van der Waals surface area contributed by atoms with Crippen LogP contribution in [0.25, 0.3) is 10.6 Å². The van der Waals surface area contributed by atoms with Crippen molar-refractivity contribution in [2.75, 3.05) is 5.32 Å². The third kappa shape index (κ3) is 3.28. The van der Waals surface area contributed by atoms with Gasteiger partial charge in [0.2, 0.25) is 0 Å². The number of thiophene rings is 1. The summed E-state index contributed by atoms with van der Waals surface area (Å²) in [6, 6.07) is 14.3. The fourth-order valence-electron chi connectivity index (χ4n) is 2.08. The zero-order valence-electron chi connectivity index (χ0n) is 12.1. The third-order valence-electron chi connectivity index (χ3n) is 3.18. The standard InChI is InChI=1S/C17H17N3S/c1-3-13-7-8-15(21-13)14-5-4-6-16(19-14)20-17-11-12(2)9-10-18-17/h4-11H,3H2,1-2H3,(H,18,19,20). The summed E-state index contributed by atoms with van der Waals surface area (Å²) in [5.41, 5.74) is 2.17. The quantitative estimate of drug-likeness (QED) is 0.750. The van der Waals surface area contributed by atoms with Gasteiger partial charge >= 0.3 is 0 Å². The molecule has 21 heavy (non-hydrogen) atoms. The predicted molar refractivity (Wildman–Crippen MR) is 89.2 cm³/mol. The second-order valence-electron chi connectivity index (χ2n) is 4.87. The van der Waals surface area contributed by atoms with Crippen molar-refractivity contribution in [3.05, 3.63) is 59.1 Å². The number of anilines is 2. The summed E-state index contributed by atoms with van der Waals surface area (Å²) in [6.07, 6.45) is 2.87. The molecule has 0 radical (unpaired) electrons. The summed E-state index contributed by atoms with van der Waals surface area (Å²) >= 11 is 1.80. The Bertz CT molecular complexity index is 749. The highest BCUT2D eigenvalue weighted by atomic mass is 32.1. The molecule has 0 aliphatic carbocycles. The number of aryl methyl sites for hydroxylation is 2. The van der Waals surface area contributed by atoms with Crippen molar-refractivity contribution in [3.63, 3.8) is 0 Å². The van der Waals surface area contributed by atoms with Gasteiger partial charge < -0.3 is 5.32 Å². The van der Waals surface area contributed by atoms with Crippen molar-refractivity contribution in [3.8, 4) is 10.6 Å². The predicted octanol–water partition coefficient (Wildman–Crippen LogP) is 4.82. The maximum atomic E-state index is 4.67. The zero-order chi connectivity index (χ0) is 14.7. The smallest absolute Gasteiger partial charge is 0.132 e. The van der Waals surface area contributed by atoms with E-state index in [1.807, 2.05) is 30.3 Å². The Balaban J connectivity index is 1.86. The third-order valence-corrected chi connectivity index (χ3v) is 4.44. The molecule has 0 aromatic carbocycles. The lowest BCUT2D eigenvalue weighted by molar-refractivity contribution is 1.19. The Hall–Kier alpha value is -2.20. The van der Waals surface area contributed by atoms with Crippen molar-refractivity contribution in [1.29, 1.82) is 0 Å². The highest BCUT2D eigenvalue weighted by molar-refractivity contribution is 7.15. The average molecular weight is 295 g/mol. The van der Waals surface area contributed by atoms with Gasteiger partial charge in [0.05, 0.1) is 10.6 Å². The number of nitrogens with one attached hydrogen (secondary N) is 1. The van der Waals surface area contributed by atoms with Crippen LogP contribution in [-0.2, 0) is 6.42 Å². The van der Waals surface area contributed by atoms with E-state index in [2.05, 4.69) is 41.3 Å². The number of nitrogens with zero attached hydrogens (tertiary/aromatic N) is 2. The molecule has 0 bridgehead atoms. The molecule has 0 spiro atoms. The van der Waals surface area contributed by atoms with Crippen LogP contribution in [-0.4, -0.2) is 9.97 Å². The Kier molecular flexibility index (Phi) is 3.97. The highest BCUT2D eigenvalue weighted by Crippen LogP contribution is 2.28. The van der Waals surface area contributed by atoms with E-state index < -0.39 is 0 Å². The maximum Gasteiger partial charge on any atom is 0.132 e. The first-order valence-corrected chi connectivity index (χ1v) is 7.82. The van der Waals surface area contributed by atoms with Crippen molar-refractivity contribution >= 4 is 23.0 Å². The van der Waals surface area contributed by atoms with Gasteiger partial charge in [0.15, 0.2) is 0 Å². The second-order valence-corrected chi connectivity index (χ2v) is 6.04. The van der Waals surface area contributed by atoms with Crippen LogP contribution in [0, 0.1) is 6.92 Å². The Morgan fingerprint density at radius 3 is 2.76 bits per heavy atom. The first kappa shape index (κ1) is 13.8. The van der Waals surface area contributed by atoms with Crippen LogP contribution < -0.4 is 5.32 Å². The monoisotopic (exact) mass is 295 g/mol. The van der Waals surface area contributed by atoms with Gasteiger partial charge in [-0.15, -0.1) is 11.3 Å². The molecule has 0 saturated heterocycles. The van der Waals surface area contributed by atoms with Gasteiger partial charge in [0, 0.05) is 11.1 Å². The van der Waals surface area contributed by atoms with Gasteiger partial charge in [-0.2, -0.15) is 0 Å². The lowest BCUT2D eigenvalue weighted by Crippen LogP contribution is -1.96. The van der Waals surface area contributed by atoms with Crippen molar-refractivity contribution < 1.29 is 0 Å². The number of rotatable bonds is 4. The molecule has 0 amide bonds. The van der Waals surface area contributed by atoms with Crippen LogP contribution in [0.3, 0.4) is 0 Å². The van der Waals surface area contributed by atoms with Gasteiger partial charge in [-0.1, -0.05) is 13.0 Å². The van der Waals surface area contributed by atoms with Gasteiger partial charge in [-0.25, -0.2) is 9.97 Å². The summed E-state index contributed by atoms with van der Waals surface area (Å²) < 4.78 is 0. The van der Waals surface area contributed by atoms with Crippen molar-refractivity contribution in [2.24, 2.45) is 0 Å². The summed E-state index contributed by atoms with van der Waals surface area (Å²) in [7, 11) is 0. The first-order valence-electron chi connectivity index (χ1n) is 7.00. The molecule has 106 valence electrons. The molecule has 0 aliphatic heterocycles. The van der Waals surface area contributed by atoms with E-state index in [4.69, 9.17) is 0 Å². The van der Waals surface area contributed by atoms with E-state index in [1.54, 1.807) is 17.5 Å². The van der Waals surface area contributed by atoms with Crippen LogP contribution in [0.15, 0.2) is 48.7 Å². The van der Waals surface area contributed by atoms with Crippen LogP contribution in [0.1, 0.15) is 17.4 Å². The summed E-state index contributed by atoms with van der Waals surface area (Å²) in [5, 5.41) is 3.26. The molecule has 3 rings (SSSR count). The molecule has 0 fully saturated rings. The molecule has 3 heterocycles. The lowest BCUT2D eigenvalue weighted by atomic mass is 10.3. The molecule has 3 aromatic heterocycles. The lowest BCUT2D eigenvalue weighted by Gasteiger charge is -2.06. The molecule has 3 aromatic rings. The summed E-state index contributed by atoms with van der Waals surface area (Å²) in [4.78, 5) is 11.6. The topological polar surface area (TPSA) is 37.8 Å². The van der Waals surface area contributed by atoms with Crippen LogP contribution in [0.5, 0.6) is 0 Å².